The van der Waals surface area contributed by atoms with Crippen LogP contribution >= 0.6 is 0 Å². The molecule has 1 saturated heterocycles. The van der Waals surface area contributed by atoms with Gasteiger partial charge in [-0.3, -0.25) is 9.59 Å². The zero-order valence-corrected chi connectivity index (χ0v) is 16.0. The van der Waals surface area contributed by atoms with Crippen molar-refractivity contribution in [2.45, 2.75) is 19.4 Å². The van der Waals surface area contributed by atoms with Crippen LogP contribution in [0.1, 0.15) is 39.1 Å². The summed E-state index contributed by atoms with van der Waals surface area (Å²) in [5.41, 5.74) is 1.86. The first-order valence-corrected chi connectivity index (χ1v) is 9.66. The molecule has 0 bridgehead atoms. The highest BCUT2D eigenvalue weighted by Gasteiger charge is 2.20. The van der Waals surface area contributed by atoms with E-state index in [4.69, 9.17) is 4.74 Å². The number of rotatable bonds is 6. The smallest absolute Gasteiger partial charge is 0.338 e. The molecule has 4 rings (SSSR count). The van der Waals surface area contributed by atoms with Crippen molar-refractivity contribution in [2.75, 3.05) is 13.2 Å². The zero-order valence-electron chi connectivity index (χ0n) is 16.0. The van der Waals surface area contributed by atoms with E-state index in [0.717, 1.165) is 29.3 Å². The van der Waals surface area contributed by atoms with Gasteiger partial charge in [0.1, 0.15) is 0 Å². The van der Waals surface area contributed by atoms with Crippen molar-refractivity contribution in [1.29, 1.82) is 0 Å². The first-order valence-electron chi connectivity index (χ1n) is 9.66. The summed E-state index contributed by atoms with van der Waals surface area (Å²) in [5.74, 6) is -0.614. The van der Waals surface area contributed by atoms with Gasteiger partial charge in [-0.2, -0.15) is 0 Å². The lowest BCUT2D eigenvalue weighted by Gasteiger charge is -2.15. The standard InChI is InChI=1S/C24H21NO4/c26-22(21-12-11-18-4-1-2-5-20(18)14-21)16-29-24(28)19-9-7-17(8-10-19)15-25-13-3-6-23(25)27/h1-2,4-5,7-12,14H,3,6,13,15-16H2. The summed E-state index contributed by atoms with van der Waals surface area (Å²) < 4.78 is 5.19. The molecular weight excluding hydrogens is 366 g/mol. The second kappa shape index (κ2) is 8.27. The van der Waals surface area contributed by atoms with E-state index in [9.17, 15) is 14.4 Å². The highest BCUT2D eigenvalue weighted by molar-refractivity contribution is 6.02. The summed E-state index contributed by atoms with van der Waals surface area (Å²) in [6.45, 7) is 1.02. The molecule has 3 aromatic carbocycles. The minimum atomic E-state index is -0.539. The molecule has 1 aliphatic heterocycles. The normalized spacial score (nSPS) is 13.7. The van der Waals surface area contributed by atoms with E-state index in [-0.39, 0.29) is 18.3 Å². The van der Waals surface area contributed by atoms with Crippen LogP contribution in [0.15, 0.2) is 66.7 Å². The van der Waals surface area contributed by atoms with Crippen molar-refractivity contribution in [2.24, 2.45) is 0 Å². The number of amides is 1. The number of esters is 1. The van der Waals surface area contributed by atoms with Gasteiger partial charge in [-0.15, -0.1) is 0 Å². The fourth-order valence-electron chi connectivity index (χ4n) is 3.50. The number of Topliss-reactive ketones (excluding diaryl/α,β-unsaturated/α-hetero) is 1. The van der Waals surface area contributed by atoms with Gasteiger partial charge < -0.3 is 9.64 Å². The summed E-state index contributed by atoms with van der Waals surface area (Å²) in [4.78, 5) is 38.2. The number of likely N-dealkylation sites (tertiary alicyclic amines) is 1. The molecule has 5 heteroatoms. The van der Waals surface area contributed by atoms with Crippen LogP contribution in [-0.2, 0) is 16.1 Å². The fourth-order valence-corrected chi connectivity index (χ4v) is 3.50. The predicted molar refractivity (Wildman–Crippen MR) is 110 cm³/mol. The Kier molecular flexibility index (Phi) is 5.38. The fraction of sp³-hybridized carbons (Fsp3) is 0.208. The molecule has 0 unspecified atom stereocenters. The van der Waals surface area contributed by atoms with Gasteiger partial charge in [0.25, 0.3) is 0 Å². The quantitative estimate of drug-likeness (QED) is 0.474. The summed E-state index contributed by atoms with van der Waals surface area (Å²) >= 11 is 0. The van der Waals surface area contributed by atoms with Gasteiger partial charge in [-0.1, -0.05) is 48.5 Å². The minimum Gasteiger partial charge on any atom is -0.454 e. The lowest BCUT2D eigenvalue weighted by Crippen LogP contribution is -2.23. The average molecular weight is 387 g/mol. The van der Waals surface area contributed by atoms with Crippen LogP contribution in [0.25, 0.3) is 10.8 Å². The maximum atomic E-state index is 12.4. The second-order valence-electron chi connectivity index (χ2n) is 7.18. The second-order valence-corrected chi connectivity index (χ2v) is 7.18. The van der Waals surface area contributed by atoms with Crippen molar-refractivity contribution in [1.82, 2.24) is 4.90 Å². The average Bonchev–Trinajstić information content (AvgIpc) is 3.16. The third-order valence-electron chi connectivity index (χ3n) is 5.14. The predicted octanol–water partition coefficient (Wildman–Crippen LogP) is 4.00. The third kappa shape index (κ3) is 4.35. The number of ketones is 1. The van der Waals surface area contributed by atoms with Gasteiger partial charge in [0, 0.05) is 25.1 Å². The maximum absolute atomic E-state index is 12.4. The summed E-state index contributed by atoms with van der Waals surface area (Å²) in [5, 5.41) is 2.02. The molecule has 0 aromatic heterocycles. The number of nitrogens with zero attached hydrogens (tertiary/aromatic N) is 1. The first kappa shape index (κ1) is 18.9. The highest BCUT2D eigenvalue weighted by atomic mass is 16.5. The molecule has 29 heavy (non-hydrogen) atoms. The molecule has 0 saturated carbocycles. The van der Waals surface area contributed by atoms with Gasteiger partial charge >= 0.3 is 5.97 Å². The molecule has 146 valence electrons. The van der Waals surface area contributed by atoms with E-state index < -0.39 is 5.97 Å². The molecule has 0 atom stereocenters. The largest absolute Gasteiger partial charge is 0.454 e. The molecule has 0 N–H and O–H groups in total. The van der Waals surface area contributed by atoms with E-state index in [2.05, 4.69) is 0 Å². The Morgan fingerprint density at radius 1 is 0.897 bits per heavy atom. The Hall–Kier alpha value is -3.47. The number of carbonyl (C=O) groups excluding carboxylic acids is 3. The summed E-state index contributed by atoms with van der Waals surface area (Å²) in [6, 6.07) is 20.2. The van der Waals surface area contributed by atoms with Crippen LogP contribution in [0, 0.1) is 0 Å². The van der Waals surface area contributed by atoms with Crippen LogP contribution in [0.4, 0.5) is 0 Å². The molecule has 3 aromatic rings. The molecule has 0 spiro atoms. The number of ether oxygens (including phenoxy) is 1. The van der Waals surface area contributed by atoms with Gasteiger partial charge in [-0.05, 0) is 41.0 Å². The molecule has 1 aliphatic rings. The van der Waals surface area contributed by atoms with E-state index in [0.29, 0.717) is 24.1 Å². The lowest BCUT2D eigenvalue weighted by atomic mass is 10.0. The topological polar surface area (TPSA) is 63.7 Å². The number of fused-ring (bicyclic) bond motifs is 1. The van der Waals surface area contributed by atoms with Crippen molar-refractivity contribution in [3.8, 4) is 0 Å². The van der Waals surface area contributed by atoms with E-state index in [1.165, 1.54) is 0 Å². The highest BCUT2D eigenvalue weighted by Crippen LogP contribution is 2.17. The summed E-state index contributed by atoms with van der Waals surface area (Å²) in [6.07, 6.45) is 1.50. The number of hydrogen-bond acceptors (Lipinski definition) is 4. The van der Waals surface area contributed by atoms with E-state index in [1.54, 1.807) is 24.3 Å². The van der Waals surface area contributed by atoms with Gasteiger partial charge in [0.15, 0.2) is 12.4 Å². The van der Waals surface area contributed by atoms with Crippen molar-refractivity contribution >= 4 is 28.4 Å². The van der Waals surface area contributed by atoms with Crippen molar-refractivity contribution in [3.63, 3.8) is 0 Å². The Balaban J connectivity index is 1.34. The molecule has 1 amide bonds. The number of carbonyl (C=O) groups is 3. The van der Waals surface area contributed by atoms with Crippen molar-refractivity contribution in [3.05, 3.63) is 83.4 Å². The van der Waals surface area contributed by atoms with Crippen molar-refractivity contribution < 1.29 is 19.1 Å². The van der Waals surface area contributed by atoms with E-state index in [1.807, 2.05) is 47.4 Å². The molecule has 1 fully saturated rings. The zero-order chi connectivity index (χ0) is 20.2. The van der Waals surface area contributed by atoms with Crippen LogP contribution in [-0.4, -0.2) is 35.7 Å². The minimum absolute atomic E-state index is 0.167. The maximum Gasteiger partial charge on any atom is 0.338 e. The van der Waals surface area contributed by atoms with Crippen LogP contribution in [0.2, 0.25) is 0 Å². The summed E-state index contributed by atoms with van der Waals surface area (Å²) in [7, 11) is 0. The molecule has 1 heterocycles. The third-order valence-corrected chi connectivity index (χ3v) is 5.14. The van der Waals surface area contributed by atoms with E-state index >= 15 is 0 Å². The monoisotopic (exact) mass is 387 g/mol. The molecule has 0 aliphatic carbocycles. The molecule has 5 nitrogen and oxygen atoms in total. The van der Waals surface area contributed by atoms with Crippen LogP contribution in [0.3, 0.4) is 0 Å². The SMILES string of the molecule is O=C(COC(=O)c1ccc(CN2CCCC2=O)cc1)c1ccc2ccccc2c1. The number of hydrogen-bond donors (Lipinski definition) is 0. The van der Waals surface area contributed by atoms with Crippen LogP contribution < -0.4 is 0 Å². The van der Waals surface area contributed by atoms with Gasteiger partial charge in [0.2, 0.25) is 5.91 Å². The van der Waals surface area contributed by atoms with Crippen LogP contribution in [0.5, 0.6) is 0 Å². The molecular formula is C24H21NO4. The lowest BCUT2D eigenvalue weighted by molar-refractivity contribution is -0.128. The Morgan fingerprint density at radius 3 is 2.34 bits per heavy atom. The van der Waals surface area contributed by atoms with Gasteiger partial charge in [0.05, 0.1) is 5.56 Å². The Labute approximate surface area is 168 Å². The number of benzene rings is 3. The Morgan fingerprint density at radius 2 is 1.62 bits per heavy atom. The van der Waals surface area contributed by atoms with Gasteiger partial charge in [-0.25, -0.2) is 4.79 Å². The molecule has 0 radical (unpaired) electrons. The first-order chi connectivity index (χ1) is 14.1. The Bertz CT molecular complexity index is 1070.